The number of aromatic nitrogens is 3. The molecule has 21 heavy (non-hydrogen) atoms. The lowest BCUT2D eigenvalue weighted by Crippen LogP contribution is -2.45. The lowest BCUT2D eigenvalue weighted by atomic mass is 10.1. The van der Waals surface area contributed by atoms with Gasteiger partial charge in [-0.05, 0) is 33.5 Å². The van der Waals surface area contributed by atoms with Gasteiger partial charge >= 0.3 is 0 Å². The third-order valence-electron chi connectivity index (χ3n) is 4.13. The number of hydrogen-bond acceptors (Lipinski definition) is 5. The van der Waals surface area contributed by atoms with Crippen LogP contribution < -0.4 is 5.32 Å². The molecule has 1 saturated heterocycles. The maximum Gasteiger partial charge on any atom is 0.0964 e. The molecule has 1 aliphatic heterocycles. The molecule has 1 aromatic rings. The summed E-state index contributed by atoms with van der Waals surface area (Å²) in [6.07, 6.45) is 4.67. The highest BCUT2D eigenvalue weighted by Gasteiger charge is 2.20. The van der Waals surface area contributed by atoms with Gasteiger partial charge < -0.3 is 10.2 Å². The summed E-state index contributed by atoms with van der Waals surface area (Å²) in [5.74, 6) is 0. The van der Waals surface area contributed by atoms with Crippen molar-refractivity contribution >= 4 is 0 Å². The largest absolute Gasteiger partial charge is 0.309 e. The van der Waals surface area contributed by atoms with Gasteiger partial charge in [-0.3, -0.25) is 9.58 Å². The third kappa shape index (κ3) is 5.37. The molecule has 0 saturated carbocycles. The van der Waals surface area contributed by atoms with Crippen LogP contribution in [0.2, 0.25) is 0 Å². The van der Waals surface area contributed by atoms with Crippen LogP contribution in [-0.2, 0) is 13.1 Å². The molecule has 0 bridgehead atoms. The number of piperidine rings is 1. The molecule has 1 aromatic heterocycles. The quantitative estimate of drug-likeness (QED) is 0.806. The molecule has 0 radical (unpaired) electrons. The van der Waals surface area contributed by atoms with Crippen molar-refractivity contribution in [3.63, 3.8) is 0 Å². The van der Waals surface area contributed by atoms with Crippen LogP contribution in [0.3, 0.4) is 0 Å². The normalized spacial score (nSPS) is 20.6. The van der Waals surface area contributed by atoms with Crippen LogP contribution in [0.15, 0.2) is 6.20 Å². The van der Waals surface area contributed by atoms with Gasteiger partial charge in [0.1, 0.15) is 0 Å². The minimum Gasteiger partial charge on any atom is -0.309 e. The zero-order valence-electron chi connectivity index (χ0n) is 13.9. The van der Waals surface area contributed by atoms with Crippen molar-refractivity contribution in [3.05, 3.63) is 11.9 Å². The lowest BCUT2D eigenvalue weighted by Gasteiger charge is -2.36. The average molecular weight is 294 g/mol. The maximum atomic E-state index is 4.22. The van der Waals surface area contributed by atoms with E-state index in [2.05, 4.69) is 59.6 Å². The van der Waals surface area contributed by atoms with Gasteiger partial charge in [0.2, 0.25) is 0 Å². The van der Waals surface area contributed by atoms with E-state index in [1.54, 1.807) is 0 Å². The summed E-state index contributed by atoms with van der Waals surface area (Å²) in [4.78, 5) is 4.89. The molecule has 1 atom stereocenters. The van der Waals surface area contributed by atoms with Gasteiger partial charge in [0.05, 0.1) is 12.2 Å². The predicted molar refractivity (Wildman–Crippen MR) is 85.1 cm³/mol. The number of likely N-dealkylation sites (tertiary alicyclic amines) is 1. The fourth-order valence-corrected chi connectivity index (χ4v) is 2.74. The van der Waals surface area contributed by atoms with Crippen molar-refractivity contribution in [3.8, 4) is 0 Å². The molecule has 0 spiro atoms. The Balaban J connectivity index is 1.75. The first-order valence-corrected chi connectivity index (χ1v) is 8.05. The summed E-state index contributed by atoms with van der Waals surface area (Å²) in [5.41, 5.74) is 1.02. The van der Waals surface area contributed by atoms with Gasteiger partial charge in [0.15, 0.2) is 0 Å². The van der Waals surface area contributed by atoms with E-state index >= 15 is 0 Å². The van der Waals surface area contributed by atoms with Gasteiger partial charge in [-0.1, -0.05) is 19.1 Å². The molecule has 2 rings (SSSR count). The zero-order chi connectivity index (χ0) is 15.2. The number of likely N-dealkylation sites (N-methyl/N-ethyl adjacent to an activating group) is 1. The Morgan fingerprint density at radius 2 is 2.19 bits per heavy atom. The SMILES string of the molecule is CC(C)NCc1cn(CCN2CCCC(N(C)C)C2)nn1. The van der Waals surface area contributed by atoms with E-state index in [4.69, 9.17) is 0 Å². The zero-order valence-corrected chi connectivity index (χ0v) is 13.9. The third-order valence-corrected chi connectivity index (χ3v) is 4.13. The number of rotatable bonds is 7. The molecule has 1 unspecified atom stereocenters. The van der Waals surface area contributed by atoms with Gasteiger partial charge in [0.25, 0.3) is 0 Å². The maximum absolute atomic E-state index is 4.22. The summed E-state index contributed by atoms with van der Waals surface area (Å²) in [7, 11) is 4.36. The van der Waals surface area contributed by atoms with Gasteiger partial charge in [-0.15, -0.1) is 5.10 Å². The molecular weight excluding hydrogens is 264 g/mol. The Kier molecular flexibility index (Phi) is 6.14. The van der Waals surface area contributed by atoms with Crippen molar-refractivity contribution in [2.45, 2.75) is 51.9 Å². The molecule has 1 aliphatic rings. The Morgan fingerprint density at radius 3 is 2.90 bits per heavy atom. The first-order valence-electron chi connectivity index (χ1n) is 8.05. The lowest BCUT2D eigenvalue weighted by molar-refractivity contribution is 0.129. The van der Waals surface area contributed by atoms with Crippen LogP contribution in [0.25, 0.3) is 0 Å². The van der Waals surface area contributed by atoms with Gasteiger partial charge in [-0.25, -0.2) is 0 Å². The Bertz CT molecular complexity index is 414. The Hall–Kier alpha value is -0.980. The number of nitrogens with one attached hydrogen (secondary N) is 1. The van der Waals surface area contributed by atoms with Gasteiger partial charge in [0, 0.05) is 37.9 Å². The predicted octanol–water partition coefficient (Wildman–Crippen LogP) is 0.802. The molecule has 6 heteroatoms. The highest BCUT2D eigenvalue weighted by molar-refractivity contribution is 4.92. The van der Waals surface area contributed by atoms with Crippen LogP contribution >= 0.6 is 0 Å². The van der Waals surface area contributed by atoms with Gasteiger partial charge in [-0.2, -0.15) is 0 Å². The minimum atomic E-state index is 0.478. The van der Waals surface area contributed by atoms with Crippen molar-refractivity contribution in [1.29, 1.82) is 0 Å². The molecule has 6 nitrogen and oxygen atoms in total. The van der Waals surface area contributed by atoms with Crippen molar-refractivity contribution in [2.75, 3.05) is 33.7 Å². The number of nitrogens with zero attached hydrogens (tertiary/aromatic N) is 5. The highest BCUT2D eigenvalue weighted by atomic mass is 15.4. The average Bonchev–Trinajstić information content (AvgIpc) is 2.91. The standard InChI is InChI=1S/C15H30N6/c1-13(2)16-10-14-11-21(18-17-14)9-8-20-7-5-6-15(12-20)19(3)4/h11,13,15-16H,5-10,12H2,1-4H3. The molecule has 0 aromatic carbocycles. The highest BCUT2D eigenvalue weighted by Crippen LogP contribution is 2.13. The van der Waals surface area contributed by atoms with Crippen molar-refractivity contribution < 1.29 is 0 Å². The topological polar surface area (TPSA) is 49.2 Å². The van der Waals surface area contributed by atoms with Crippen molar-refractivity contribution in [1.82, 2.24) is 30.1 Å². The summed E-state index contributed by atoms with van der Waals surface area (Å²) in [5, 5.41) is 11.8. The molecular formula is C15H30N6. The monoisotopic (exact) mass is 294 g/mol. The molecule has 1 N–H and O–H groups in total. The Labute approximate surface area is 128 Å². The van der Waals surface area contributed by atoms with E-state index in [-0.39, 0.29) is 0 Å². The molecule has 0 aliphatic carbocycles. The van der Waals surface area contributed by atoms with E-state index in [1.165, 1.54) is 25.9 Å². The number of hydrogen-bond donors (Lipinski definition) is 1. The van der Waals surface area contributed by atoms with Crippen LogP contribution in [-0.4, -0.2) is 70.6 Å². The fraction of sp³-hybridized carbons (Fsp3) is 0.867. The van der Waals surface area contributed by atoms with Crippen LogP contribution in [0.4, 0.5) is 0 Å². The van der Waals surface area contributed by atoms with E-state index in [1.807, 2.05) is 4.68 Å². The summed E-state index contributed by atoms with van der Waals surface area (Å²) in [6, 6.07) is 1.17. The first-order chi connectivity index (χ1) is 10.0. The van der Waals surface area contributed by atoms with Crippen LogP contribution in [0.5, 0.6) is 0 Å². The van der Waals surface area contributed by atoms with E-state index < -0.39 is 0 Å². The summed E-state index contributed by atoms with van der Waals surface area (Å²) < 4.78 is 1.97. The summed E-state index contributed by atoms with van der Waals surface area (Å²) in [6.45, 7) is 9.44. The van der Waals surface area contributed by atoms with Crippen LogP contribution in [0.1, 0.15) is 32.4 Å². The second-order valence-corrected chi connectivity index (χ2v) is 6.57. The summed E-state index contributed by atoms with van der Waals surface area (Å²) >= 11 is 0. The molecule has 120 valence electrons. The van der Waals surface area contributed by atoms with E-state index in [0.717, 1.165) is 25.3 Å². The molecule has 1 fully saturated rings. The van der Waals surface area contributed by atoms with Crippen molar-refractivity contribution in [2.24, 2.45) is 0 Å². The Morgan fingerprint density at radius 1 is 1.38 bits per heavy atom. The minimum absolute atomic E-state index is 0.478. The molecule has 2 heterocycles. The van der Waals surface area contributed by atoms with E-state index in [9.17, 15) is 0 Å². The molecule has 0 amide bonds. The fourth-order valence-electron chi connectivity index (χ4n) is 2.74. The second kappa shape index (κ2) is 7.87. The smallest absolute Gasteiger partial charge is 0.0964 e. The van der Waals surface area contributed by atoms with Crippen LogP contribution in [0, 0.1) is 0 Å². The first kappa shape index (κ1) is 16.4. The second-order valence-electron chi connectivity index (χ2n) is 6.57. The van der Waals surface area contributed by atoms with E-state index in [0.29, 0.717) is 12.1 Å².